The van der Waals surface area contributed by atoms with Crippen LogP contribution in [0.15, 0.2) is 30.3 Å². The Morgan fingerprint density at radius 1 is 1.42 bits per heavy atom. The number of benzene rings is 1. The lowest BCUT2D eigenvalue weighted by Crippen LogP contribution is -2.38. The van der Waals surface area contributed by atoms with Crippen molar-refractivity contribution in [1.29, 1.82) is 0 Å². The molecule has 12 heavy (non-hydrogen) atoms. The average molecular weight is 165 g/mol. The van der Waals surface area contributed by atoms with Gasteiger partial charge < -0.3 is 10.4 Å². The molecule has 0 bridgehead atoms. The highest BCUT2D eigenvalue weighted by molar-refractivity contribution is 5.48. The van der Waals surface area contributed by atoms with Gasteiger partial charge in [-0.15, -0.1) is 0 Å². The molecule has 0 saturated heterocycles. The molecule has 1 aromatic rings. The third-order valence-electron chi connectivity index (χ3n) is 1.68. The van der Waals surface area contributed by atoms with Gasteiger partial charge in [-0.25, -0.2) is 0 Å². The fraction of sp³-hybridized carbons (Fsp3) is 0.222. The first kappa shape index (κ1) is 8.74. The molecule has 0 aliphatic heterocycles. The summed E-state index contributed by atoms with van der Waals surface area (Å²) in [7, 11) is 0. The lowest BCUT2D eigenvalue weighted by atomic mass is 10.1. The van der Waals surface area contributed by atoms with E-state index in [0.717, 1.165) is 0 Å². The summed E-state index contributed by atoms with van der Waals surface area (Å²) in [6.45, 7) is 1.52. The van der Waals surface area contributed by atoms with E-state index in [2.05, 4.69) is 5.32 Å². The van der Waals surface area contributed by atoms with Crippen LogP contribution >= 0.6 is 0 Å². The highest BCUT2D eigenvalue weighted by Gasteiger charge is 2.20. The topological polar surface area (TPSA) is 49.3 Å². The Bertz CT molecular complexity index is 256. The van der Waals surface area contributed by atoms with E-state index in [1.54, 1.807) is 24.3 Å². The monoisotopic (exact) mass is 165 g/mol. The van der Waals surface area contributed by atoms with E-state index in [9.17, 15) is 9.90 Å². The van der Waals surface area contributed by atoms with Crippen LogP contribution in [-0.4, -0.2) is 11.5 Å². The second-order valence-corrected chi connectivity index (χ2v) is 2.70. The molecule has 1 rings (SSSR count). The van der Waals surface area contributed by atoms with Gasteiger partial charge in [-0.2, -0.15) is 0 Å². The van der Waals surface area contributed by atoms with Crippen LogP contribution in [0.2, 0.25) is 0 Å². The van der Waals surface area contributed by atoms with E-state index in [1.807, 2.05) is 6.07 Å². The van der Waals surface area contributed by atoms with Gasteiger partial charge in [0.05, 0.1) is 0 Å². The Hall–Kier alpha value is -1.35. The number of rotatable bonds is 3. The maximum Gasteiger partial charge on any atom is 0.209 e. The minimum Gasteiger partial charge on any atom is -0.367 e. The van der Waals surface area contributed by atoms with Crippen LogP contribution < -0.4 is 5.32 Å². The van der Waals surface area contributed by atoms with Gasteiger partial charge in [-0.3, -0.25) is 4.79 Å². The molecule has 3 nitrogen and oxygen atoms in total. The summed E-state index contributed by atoms with van der Waals surface area (Å²) >= 11 is 0. The molecule has 0 heterocycles. The van der Waals surface area contributed by atoms with Gasteiger partial charge in [0.25, 0.3) is 0 Å². The summed E-state index contributed by atoms with van der Waals surface area (Å²) < 4.78 is 0. The lowest BCUT2D eigenvalue weighted by molar-refractivity contribution is -0.116. The Morgan fingerprint density at radius 3 is 2.50 bits per heavy atom. The van der Waals surface area contributed by atoms with Crippen LogP contribution in [0.3, 0.4) is 0 Å². The molecule has 64 valence electrons. The molecule has 0 aromatic heterocycles. The Labute approximate surface area is 71.0 Å². The molecule has 0 spiro atoms. The number of aliphatic hydroxyl groups is 1. The average Bonchev–Trinajstić information content (AvgIpc) is 2.06. The minimum atomic E-state index is -1.27. The van der Waals surface area contributed by atoms with Crippen molar-refractivity contribution in [3.63, 3.8) is 0 Å². The highest BCUT2D eigenvalue weighted by Crippen LogP contribution is 2.15. The molecule has 1 amide bonds. The zero-order valence-corrected chi connectivity index (χ0v) is 6.82. The van der Waals surface area contributed by atoms with Crippen LogP contribution in [0.25, 0.3) is 0 Å². The second kappa shape index (κ2) is 3.36. The van der Waals surface area contributed by atoms with Gasteiger partial charge in [-0.1, -0.05) is 30.3 Å². The van der Waals surface area contributed by atoms with E-state index in [0.29, 0.717) is 12.0 Å². The first-order chi connectivity index (χ1) is 5.67. The molecule has 1 atom stereocenters. The Balaban J connectivity index is 2.89. The van der Waals surface area contributed by atoms with Crippen molar-refractivity contribution >= 4 is 6.41 Å². The quantitative estimate of drug-likeness (QED) is 0.509. The number of nitrogens with one attached hydrogen (secondary N) is 1. The zero-order chi connectivity index (χ0) is 9.03. The summed E-state index contributed by atoms with van der Waals surface area (Å²) in [5, 5.41) is 12.0. The van der Waals surface area contributed by atoms with Crippen molar-refractivity contribution in [3.05, 3.63) is 35.9 Å². The molecule has 0 saturated carbocycles. The maximum absolute atomic E-state index is 10.1. The molecule has 2 N–H and O–H groups in total. The second-order valence-electron chi connectivity index (χ2n) is 2.70. The van der Waals surface area contributed by atoms with Gasteiger partial charge in [0.2, 0.25) is 6.41 Å². The zero-order valence-electron chi connectivity index (χ0n) is 6.82. The molecule has 0 radical (unpaired) electrons. The number of carbonyl (C=O) groups excluding carboxylic acids is 1. The largest absolute Gasteiger partial charge is 0.367 e. The predicted molar refractivity (Wildman–Crippen MR) is 45.2 cm³/mol. The first-order valence-corrected chi connectivity index (χ1v) is 3.66. The normalized spacial score (nSPS) is 14.8. The number of hydrogen-bond donors (Lipinski definition) is 2. The molecule has 0 aliphatic rings. The van der Waals surface area contributed by atoms with Gasteiger partial charge in [0.15, 0.2) is 5.72 Å². The third-order valence-corrected chi connectivity index (χ3v) is 1.68. The van der Waals surface area contributed by atoms with Crippen LogP contribution in [0.4, 0.5) is 0 Å². The van der Waals surface area contributed by atoms with E-state index >= 15 is 0 Å². The minimum absolute atomic E-state index is 0.479. The van der Waals surface area contributed by atoms with Crippen molar-refractivity contribution in [3.8, 4) is 0 Å². The summed E-state index contributed by atoms with van der Waals surface area (Å²) in [5.41, 5.74) is -0.611. The van der Waals surface area contributed by atoms with Gasteiger partial charge >= 0.3 is 0 Å². The fourth-order valence-corrected chi connectivity index (χ4v) is 0.961. The molecule has 0 aliphatic carbocycles. The molecule has 0 fully saturated rings. The first-order valence-electron chi connectivity index (χ1n) is 3.66. The van der Waals surface area contributed by atoms with Crippen molar-refractivity contribution in [2.75, 3.05) is 0 Å². The lowest BCUT2D eigenvalue weighted by Gasteiger charge is -2.22. The van der Waals surface area contributed by atoms with Crippen LogP contribution in [0, 0.1) is 0 Å². The molecule has 3 heteroatoms. The van der Waals surface area contributed by atoms with Gasteiger partial charge in [0, 0.05) is 5.56 Å². The number of amides is 1. The van der Waals surface area contributed by atoms with E-state index in [1.165, 1.54) is 6.92 Å². The highest BCUT2D eigenvalue weighted by atomic mass is 16.3. The maximum atomic E-state index is 10.1. The van der Waals surface area contributed by atoms with Crippen LogP contribution in [0.5, 0.6) is 0 Å². The summed E-state index contributed by atoms with van der Waals surface area (Å²) in [6, 6.07) is 8.94. The molecular weight excluding hydrogens is 154 g/mol. The van der Waals surface area contributed by atoms with E-state index in [-0.39, 0.29) is 0 Å². The standard InChI is InChI=1S/C9H11NO2/c1-9(12,10-7-11)8-5-3-2-4-6-8/h2-7,12H,1H3,(H,10,11). The van der Waals surface area contributed by atoms with E-state index in [4.69, 9.17) is 0 Å². The number of carbonyl (C=O) groups is 1. The van der Waals surface area contributed by atoms with Gasteiger partial charge in [0.1, 0.15) is 0 Å². The smallest absolute Gasteiger partial charge is 0.209 e. The van der Waals surface area contributed by atoms with Crippen molar-refractivity contribution in [2.24, 2.45) is 0 Å². The van der Waals surface area contributed by atoms with E-state index < -0.39 is 5.72 Å². The van der Waals surface area contributed by atoms with Crippen molar-refractivity contribution in [1.82, 2.24) is 5.32 Å². The molecule has 1 unspecified atom stereocenters. The Morgan fingerprint density at radius 2 is 2.00 bits per heavy atom. The Kier molecular flexibility index (Phi) is 2.45. The molecular formula is C9H11NO2. The van der Waals surface area contributed by atoms with Crippen molar-refractivity contribution in [2.45, 2.75) is 12.6 Å². The summed E-state index contributed by atoms with van der Waals surface area (Å²) in [5.74, 6) is 0. The van der Waals surface area contributed by atoms with Gasteiger partial charge in [-0.05, 0) is 6.92 Å². The van der Waals surface area contributed by atoms with Crippen LogP contribution in [0.1, 0.15) is 12.5 Å². The summed E-state index contributed by atoms with van der Waals surface area (Å²) in [6.07, 6.45) is 0.479. The number of hydrogen-bond acceptors (Lipinski definition) is 2. The SMILES string of the molecule is CC(O)(NC=O)c1ccccc1. The fourth-order valence-electron chi connectivity index (χ4n) is 0.961. The summed E-state index contributed by atoms with van der Waals surface area (Å²) in [4.78, 5) is 10.1. The predicted octanol–water partition coefficient (Wildman–Crippen LogP) is 0.598. The molecule has 1 aromatic carbocycles. The third kappa shape index (κ3) is 1.83. The van der Waals surface area contributed by atoms with Crippen molar-refractivity contribution < 1.29 is 9.90 Å². The van der Waals surface area contributed by atoms with Crippen LogP contribution in [-0.2, 0) is 10.5 Å².